The van der Waals surface area contributed by atoms with Crippen LogP contribution >= 0.6 is 0 Å². The lowest BCUT2D eigenvalue weighted by molar-refractivity contribution is -0.155. The molecule has 0 atom stereocenters. The van der Waals surface area contributed by atoms with Gasteiger partial charge in [0, 0.05) is 7.11 Å². The number of ketones is 1. The Morgan fingerprint density at radius 1 is 1.36 bits per heavy atom. The minimum atomic E-state index is -0.811. The molecule has 64 valence electrons. The second-order valence-electron chi connectivity index (χ2n) is 1.99. The number of esters is 1. The maximum Gasteiger partial charge on any atom is 0.377 e. The molecule has 0 rings (SSSR count). The van der Waals surface area contributed by atoms with Crippen molar-refractivity contribution in [3.8, 4) is 0 Å². The first-order chi connectivity index (χ1) is 5.22. The van der Waals surface area contributed by atoms with E-state index in [2.05, 4.69) is 9.47 Å². The van der Waals surface area contributed by atoms with E-state index >= 15 is 0 Å². The number of hydrogen-bond acceptors (Lipinski definition) is 4. The summed E-state index contributed by atoms with van der Waals surface area (Å²) in [6, 6.07) is 0. The average molecular weight is 160 g/mol. The average Bonchev–Trinajstić information content (AvgIpc) is 2.00. The lowest BCUT2D eigenvalue weighted by atomic mass is 10.4. The van der Waals surface area contributed by atoms with Crippen LogP contribution in [0.1, 0.15) is 13.3 Å². The van der Waals surface area contributed by atoms with Crippen LogP contribution in [0.2, 0.25) is 0 Å². The number of Topliss-reactive ketones (excluding diaryl/α,β-unsaturated/α-hetero) is 1. The van der Waals surface area contributed by atoms with Gasteiger partial charge in [-0.25, -0.2) is 4.79 Å². The van der Waals surface area contributed by atoms with Crippen molar-refractivity contribution in [1.82, 2.24) is 0 Å². The summed E-state index contributed by atoms with van der Waals surface area (Å²) in [5, 5.41) is 0. The summed E-state index contributed by atoms with van der Waals surface area (Å²) in [6.45, 7) is 1.94. The molecule has 0 heterocycles. The third-order valence-corrected chi connectivity index (χ3v) is 0.940. The van der Waals surface area contributed by atoms with Gasteiger partial charge in [-0.2, -0.15) is 0 Å². The van der Waals surface area contributed by atoms with Gasteiger partial charge in [0.25, 0.3) is 5.78 Å². The third-order valence-electron chi connectivity index (χ3n) is 0.940. The van der Waals surface area contributed by atoms with Crippen molar-refractivity contribution in [1.29, 1.82) is 0 Å². The lowest BCUT2D eigenvalue weighted by Gasteiger charge is -1.99. The van der Waals surface area contributed by atoms with Crippen molar-refractivity contribution < 1.29 is 19.1 Å². The molecule has 0 aliphatic heterocycles. The van der Waals surface area contributed by atoms with Crippen LogP contribution in [0.4, 0.5) is 0 Å². The first-order valence-electron chi connectivity index (χ1n) is 3.41. The van der Waals surface area contributed by atoms with Crippen LogP contribution < -0.4 is 0 Å². The van der Waals surface area contributed by atoms with Gasteiger partial charge in [0.2, 0.25) is 0 Å². The monoisotopic (exact) mass is 160 g/mol. The van der Waals surface area contributed by atoms with Gasteiger partial charge in [0.15, 0.2) is 0 Å². The van der Waals surface area contributed by atoms with Gasteiger partial charge in [-0.05, 0) is 6.42 Å². The number of hydrogen-bond donors (Lipinski definition) is 0. The van der Waals surface area contributed by atoms with Gasteiger partial charge < -0.3 is 9.47 Å². The molecule has 0 saturated heterocycles. The molecule has 0 aromatic heterocycles. The highest BCUT2D eigenvalue weighted by Gasteiger charge is 2.13. The molecule has 0 aromatic rings. The van der Waals surface area contributed by atoms with E-state index in [1.807, 2.05) is 6.92 Å². The Bertz CT molecular complexity index is 141. The van der Waals surface area contributed by atoms with E-state index in [9.17, 15) is 9.59 Å². The largest absolute Gasteiger partial charge is 0.460 e. The molecule has 0 spiro atoms. The van der Waals surface area contributed by atoms with E-state index in [0.29, 0.717) is 6.42 Å². The fraction of sp³-hybridized carbons (Fsp3) is 0.714. The predicted molar refractivity (Wildman–Crippen MR) is 38.1 cm³/mol. The van der Waals surface area contributed by atoms with E-state index < -0.39 is 11.8 Å². The van der Waals surface area contributed by atoms with Gasteiger partial charge in [0.05, 0.1) is 6.61 Å². The highest BCUT2D eigenvalue weighted by Crippen LogP contribution is 1.85. The Morgan fingerprint density at radius 3 is 2.45 bits per heavy atom. The summed E-state index contributed by atoms with van der Waals surface area (Å²) in [6.07, 6.45) is 0.714. The van der Waals surface area contributed by atoms with Crippen molar-refractivity contribution >= 4 is 11.8 Å². The maximum absolute atomic E-state index is 10.6. The molecule has 0 unspecified atom stereocenters. The molecule has 0 aliphatic rings. The minimum Gasteiger partial charge on any atom is -0.460 e. The van der Waals surface area contributed by atoms with Crippen molar-refractivity contribution in [2.24, 2.45) is 0 Å². The fourth-order valence-corrected chi connectivity index (χ4v) is 0.465. The summed E-state index contributed by atoms with van der Waals surface area (Å²) in [5.41, 5.74) is 0. The van der Waals surface area contributed by atoms with Gasteiger partial charge in [-0.3, -0.25) is 4.79 Å². The molecular formula is C7H12O4. The predicted octanol–water partition coefficient (Wildman–Crippen LogP) is 0.155. The highest BCUT2D eigenvalue weighted by molar-refractivity contribution is 6.34. The number of rotatable bonds is 5. The lowest BCUT2D eigenvalue weighted by Crippen LogP contribution is -2.21. The molecule has 11 heavy (non-hydrogen) atoms. The van der Waals surface area contributed by atoms with Crippen molar-refractivity contribution in [3.63, 3.8) is 0 Å². The SMILES string of the molecule is CCCOC(=O)C(=O)COC. The Hall–Kier alpha value is -0.900. The summed E-state index contributed by atoms with van der Waals surface area (Å²) >= 11 is 0. The molecule has 4 heteroatoms. The second kappa shape index (κ2) is 5.85. The smallest absolute Gasteiger partial charge is 0.377 e. The fourth-order valence-electron chi connectivity index (χ4n) is 0.465. The molecule has 0 N–H and O–H groups in total. The first-order valence-corrected chi connectivity index (χ1v) is 3.41. The number of carbonyl (C=O) groups excluding carboxylic acids is 2. The van der Waals surface area contributed by atoms with E-state index in [4.69, 9.17) is 0 Å². The minimum absolute atomic E-state index is 0.206. The van der Waals surface area contributed by atoms with E-state index in [-0.39, 0.29) is 13.2 Å². The summed E-state index contributed by atoms with van der Waals surface area (Å²) in [7, 11) is 1.35. The molecule has 0 fully saturated rings. The summed E-state index contributed by atoms with van der Waals surface area (Å²) in [5.74, 6) is -1.45. The number of carbonyl (C=O) groups is 2. The van der Waals surface area contributed by atoms with Crippen LogP contribution in [0.15, 0.2) is 0 Å². The summed E-state index contributed by atoms with van der Waals surface area (Å²) in [4.78, 5) is 21.3. The van der Waals surface area contributed by atoms with Gasteiger partial charge in [0.1, 0.15) is 6.61 Å². The third kappa shape index (κ3) is 4.50. The van der Waals surface area contributed by atoms with Crippen LogP contribution in [0.5, 0.6) is 0 Å². The maximum atomic E-state index is 10.6. The van der Waals surface area contributed by atoms with E-state index in [1.165, 1.54) is 7.11 Å². The zero-order valence-electron chi connectivity index (χ0n) is 6.75. The topological polar surface area (TPSA) is 52.6 Å². The molecule has 4 nitrogen and oxygen atoms in total. The molecule has 0 saturated carbocycles. The number of methoxy groups -OCH3 is 1. The quantitative estimate of drug-likeness (QED) is 0.424. The normalized spacial score (nSPS) is 9.27. The van der Waals surface area contributed by atoms with Crippen molar-refractivity contribution in [3.05, 3.63) is 0 Å². The van der Waals surface area contributed by atoms with Crippen LogP contribution in [0.3, 0.4) is 0 Å². The molecule has 0 aliphatic carbocycles. The molecule has 0 radical (unpaired) electrons. The van der Waals surface area contributed by atoms with Crippen LogP contribution in [-0.4, -0.2) is 32.1 Å². The zero-order valence-corrected chi connectivity index (χ0v) is 6.75. The Balaban J connectivity index is 3.56. The van der Waals surface area contributed by atoms with Gasteiger partial charge in [-0.1, -0.05) is 6.92 Å². The number of ether oxygens (including phenoxy) is 2. The van der Waals surface area contributed by atoms with Gasteiger partial charge >= 0.3 is 5.97 Å². The van der Waals surface area contributed by atoms with E-state index in [0.717, 1.165) is 0 Å². The second-order valence-corrected chi connectivity index (χ2v) is 1.99. The van der Waals surface area contributed by atoms with Gasteiger partial charge in [-0.15, -0.1) is 0 Å². The first kappa shape index (κ1) is 10.1. The van der Waals surface area contributed by atoms with Crippen LogP contribution in [0.25, 0.3) is 0 Å². The Kier molecular flexibility index (Phi) is 5.37. The molecule has 0 amide bonds. The van der Waals surface area contributed by atoms with Crippen LogP contribution in [-0.2, 0) is 19.1 Å². The Labute approximate surface area is 65.5 Å². The van der Waals surface area contributed by atoms with Crippen molar-refractivity contribution in [2.45, 2.75) is 13.3 Å². The van der Waals surface area contributed by atoms with Crippen LogP contribution in [0, 0.1) is 0 Å². The molecule has 0 aromatic carbocycles. The zero-order chi connectivity index (χ0) is 8.69. The Morgan fingerprint density at radius 2 is 2.00 bits per heavy atom. The molecule has 0 bridgehead atoms. The van der Waals surface area contributed by atoms with Crippen molar-refractivity contribution in [2.75, 3.05) is 20.3 Å². The highest BCUT2D eigenvalue weighted by atomic mass is 16.5. The van der Waals surface area contributed by atoms with E-state index in [1.54, 1.807) is 0 Å². The molecular weight excluding hydrogens is 148 g/mol. The standard InChI is InChI=1S/C7H12O4/c1-3-4-11-7(9)6(8)5-10-2/h3-5H2,1-2H3. The summed E-state index contributed by atoms with van der Waals surface area (Å²) < 4.78 is 8.99.